The van der Waals surface area contributed by atoms with Gasteiger partial charge in [0.05, 0.1) is 19.3 Å². The van der Waals surface area contributed by atoms with Crippen molar-refractivity contribution in [2.75, 3.05) is 46.0 Å². The average Bonchev–Trinajstić information content (AvgIpc) is 3.33. The highest BCUT2D eigenvalue weighted by molar-refractivity contribution is 8.77. The summed E-state index contributed by atoms with van der Waals surface area (Å²) < 4.78 is 62.2. The van der Waals surface area contributed by atoms with Crippen LogP contribution in [0.2, 0.25) is 0 Å². The van der Waals surface area contributed by atoms with Crippen LogP contribution in [0, 0.1) is 11.7 Å². The minimum atomic E-state index is -5.56. The molecular formula is C21H42BN2O14P3S2. The molecule has 1 aliphatic heterocycles. The van der Waals surface area contributed by atoms with Crippen molar-refractivity contribution < 1.29 is 65.4 Å². The van der Waals surface area contributed by atoms with Crippen LogP contribution in [0.5, 0.6) is 0 Å². The number of hydrogen-bond acceptors (Lipinski definition) is 12. The molecule has 16 nitrogen and oxygen atoms in total. The molecule has 250 valence electrons. The number of methoxy groups -OCH3 is 1. The highest BCUT2D eigenvalue weighted by Crippen LogP contribution is 2.66. The number of urea groups is 1. The van der Waals surface area contributed by atoms with Crippen LogP contribution < -0.4 is 10.6 Å². The molecule has 4 atom stereocenters. The van der Waals surface area contributed by atoms with Gasteiger partial charge in [-0.3, -0.25) is 4.52 Å². The molecule has 0 spiro atoms. The summed E-state index contributed by atoms with van der Waals surface area (Å²) in [6, 6.07) is -0.622. The number of phosphoric acid groups is 3. The molecule has 1 fully saturated rings. The standard InChI is InChI=1S/C21H42BN2O14P3S2/c1-21(2,10-15-33-3)43-42-17-34-14-6-4-5-12-23-20(25)24-13-7-11-22-19-9-8-18(36-19)16-35-40(29,30)38-41(31,32)37-39(26,27)28/h18-19,22H,4-6,8-10,12-17H2,1-3H3,(H,29,30)(H,31,32)(H2,23,24,25)(H2,26,27,28)/t18-,19+/m0/s1. The van der Waals surface area contributed by atoms with Gasteiger partial charge < -0.3 is 44.4 Å². The molecule has 22 heteroatoms. The van der Waals surface area contributed by atoms with E-state index in [1.807, 2.05) is 0 Å². The van der Waals surface area contributed by atoms with Crippen LogP contribution in [-0.4, -0.2) is 95.7 Å². The van der Waals surface area contributed by atoms with Crippen LogP contribution in [0.1, 0.15) is 52.4 Å². The maximum absolute atomic E-state index is 11.9. The van der Waals surface area contributed by atoms with Gasteiger partial charge in [0, 0.05) is 37.6 Å². The smallest absolute Gasteiger partial charge is 0.385 e. The van der Waals surface area contributed by atoms with Crippen molar-refractivity contribution in [2.45, 2.75) is 69.2 Å². The normalized spacial score (nSPS) is 20.0. The van der Waals surface area contributed by atoms with E-state index in [1.54, 1.807) is 28.7 Å². The van der Waals surface area contributed by atoms with Gasteiger partial charge in [-0.25, -0.2) is 18.5 Å². The van der Waals surface area contributed by atoms with Crippen LogP contribution in [0.3, 0.4) is 0 Å². The van der Waals surface area contributed by atoms with Gasteiger partial charge in [-0.1, -0.05) is 27.5 Å². The zero-order valence-electron chi connectivity index (χ0n) is 24.4. The Morgan fingerprint density at radius 3 is 2.49 bits per heavy atom. The van der Waals surface area contributed by atoms with Crippen molar-refractivity contribution >= 4 is 58.4 Å². The summed E-state index contributed by atoms with van der Waals surface area (Å²) in [5, 5.41) is 5.41. The molecule has 0 bridgehead atoms. The molecule has 0 radical (unpaired) electrons. The highest BCUT2D eigenvalue weighted by atomic mass is 33.1. The van der Waals surface area contributed by atoms with E-state index in [-0.39, 0.29) is 23.3 Å². The minimum Gasteiger partial charge on any atom is -0.385 e. The second kappa shape index (κ2) is 20.9. The first-order valence-electron chi connectivity index (χ1n) is 13.3. The van der Waals surface area contributed by atoms with Crippen LogP contribution in [-0.2, 0) is 41.1 Å². The number of amides is 2. The molecule has 6 N–H and O–H groups in total. The lowest BCUT2D eigenvalue weighted by atomic mass is 9.71. The van der Waals surface area contributed by atoms with Crippen molar-refractivity contribution in [2.24, 2.45) is 0 Å². The van der Waals surface area contributed by atoms with Gasteiger partial charge in [0.1, 0.15) is 5.94 Å². The highest BCUT2D eigenvalue weighted by Gasteiger charge is 2.41. The average molecular weight is 714 g/mol. The van der Waals surface area contributed by atoms with Crippen molar-refractivity contribution in [3.8, 4) is 11.7 Å². The molecule has 43 heavy (non-hydrogen) atoms. The third-order valence-electron chi connectivity index (χ3n) is 5.40. The van der Waals surface area contributed by atoms with E-state index < -0.39 is 36.2 Å². The molecule has 2 unspecified atom stereocenters. The van der Waals surface area contributed by atoms with Crippen molar-refractivity contribution in [1.82, 2.24) is 10.6 Å². The van der Waals surface area contributed by atoms with Gasteiger partial charge >= 0.3 is 29.5 Å². The summed E-state index contributed by atoms with van der Waals surface area (Å²) in [6.07, 6.45) is 4.00. The van der Waals surface area contributed by atoms with E-state index in [2.05, 4.69) is 49.4 Å². The Kier molecular flexibility index (Phi) is 19.9. The van der Waals surface area contributed by atoms with Crippen molar-refractivity contribution in [3.63, 3.8) is 0 Å². The van der Waals surface area contributed by atoms with E-state index in [0.717, 1.165) is 32.3 Å². The van der Waals surface area contributed by atoms with Crippen LogP contribution in [0.15, 0.2) is 0 Å². The Bertz CT molecular complexity index is 1040. The first-order chi connectivity index (χ1) is 20.0. The van der Waals surface area contributed by atoms with Crippen molar-refractivity contribution in [3.05, 3.63) is 0 Å². The molecule has 0 aromatic heterocycles. The van der Waals surface area contributed by atoms with E-state index in [1.165, 1.54) is 0 Å². The third-order valence-corrected chi connectivity index (χ3v) is 12.2. The van der Waals surface area contributed by atoms with Gasteiger partial charge in [0.25, 0.3) is 0 Å². The summed E-state index contributed by atoms with van der Waals surface area (Å²) in [5.74, 6) is 6.32. The molecule has 1 heterocycles. The number of rotatable bonds is 22. The van der Waals surface area contributed by atoms with Gasteiger partial charge in [-0.05, 0) is 52.4 Å². The molecule has 1 aliphatic rings. The fraction of sp³-hybridized carbons (Fsp3) is 0.857. The monoisotopic (exact) mass is 714 g/mol. The molecule has 0 aromatic rings. The predicted molar refractivity (Wildman–Crippen MR) is 164 cm³/mol. The van der Waals surface area contributed by atoms with E-state index >= 15 is 0 Å². The van der Waals surface area contributed by atoms with Gasteiger partial charge in [0.2, 0.25) is 7.28 Å². The van der Waals surface area contributed by atoms with Gasteiger partial charge in [0.15, 0.2) is 0 Å². The second-order valence-corrected chi connectivity index (χ2v) is 17.2. The Hall–Kier alpha value is -0.115. The molecular weight excluding hydrogens is 672 g/mol. The number of unbranched alkanes of at least 4 members (excludes halogenated alkanes) is 2. The topological polar surface area (TPSA) is 229 Å². The summed E-state index contributed by atoms with van der Waals surface area (Å²) in [6.45, 7) is 5.97. The lowest BCUT2D eigenvalue weighted by Gasteiger charge is -2.22. The molecule has 2 amide bonds. The first kappa shape index (κ1) is 40.9. The summed E-state index contributed by atoms with van der Waals surface area (Å²) in [5.41, 5.74) is 0. The fourth-order valence-corrected chi connectivity index (χ4v) is 8.67. The number of carbonyl (C=O) groups excluding carboxylic acids is 1. The van der Waals surface area contributed by atoms with Crippen molar-refractivity contribution in [1.29, 1.82) is 0 Å². The summed E-state index contributed by atoms with van der Waals surface area (Å²) in [4.78, 5) is 47.6. The molecule has 0 aromatic carbocycles. The minimum absolute atomic E-state index is 0.138. The van der Waals surface area contributed by atoms with Crippen LogP contribution in [0.25, 0.3) is 0 Å². The molecule has 0 aliphatic carbocycles. The molecule has 1 rings (SSSR count). The zero-order chi connectivity index (χ0) is 32.4. The Labute approximate surface area is 260 Å². The number of nitrogens with one attached hydrogen (secondary N) is 2. The lowest BCUT2D eigenvalue weighted by Crippen LogP contribution is -2.36. The second-order valence-electron chi connectivity index (χ2n) is 9.80. The first-order valence-corrected chi connectivity index (χ1v) is 20.1. The predicted octanol–water partition coefficient (Wildman–Crippen LogP) is 2.87. The quantitative estimate of drug-likeness (QED) is 0.0237. The Morgan fingerprint density at radius 1 is 1.05 bits per heavy atom. The van der Waals surface area contributed by atoms with Crippen LogP contribution in [0.4, 0.5) is 4.79 Å². The SMILES string of the molecule is COCCC(C)(C)SSCOCCCCCNC(=O)NCC#CB[C@H]1CC[C@@H](COP(=O)(O)OP(=O)(O)OP(=O)(O)O)O1. The number of phosphoric ester groups is 1. The number of ether oxygens (including phenoxy) is 3. The number of carbonyl (C=O) groups is 1. The maximum atomic E-state index is 11.9. The molecule has 1 saturated heterocycles. The van der Waals surface area contributed by atoms with Crippen LogP contribution >= 0.6 is 45.1 Å². The van der Waals surface area contributed by atoms with E-state index in [0.29, 0.717) is 39.2 Å². The fourth-order valence-electron chi connectivity index (χ4n) is 3.34. The lowest BCUT2D eigenvalue weighted by molar-refractivity contribution is 0.0393. The molecule has 0 saturated carbocycles. The number of hydrogen-bond donors (Lipinski definition) is 6. The zero-order valence-corrected chi connectivity index (χ0v) is 28.7. The van der Waals surface area contributed by atoms with Gasteiger partial charge in [-0.2, -0.15) is 14.4 Å². The largest absolute Gasteiger partial charge is 0.490 e. The third kappa shape index (κ3) is 22.9. The maximum Gasteiger partial charge on any atom is 0.490 e. The Balaban J connectivity index is 2.07. The summed E-state index contributed by atoms with van der Waals surface area (Å²) in [7, 11) is -10.7. The van der Waals surface area contributed by atoms with E-state index in [9.17, 15) is 23.4 Å². The van der Waals surface area contributed by atoms with Gasteiger partial charge in [-0.15, -0.1) is 0 Å². The Morgan fingerprint density at radius 2 is 1.79 bits per heavy atom. The summed E-state index contributed by atoms with van der Waals surface area (Å²) >= 11 is 0. The van der Waals surface area contributed by atoms with E-state index in [4.69, 9.17) is 28.9 Å².